The van der Waals surface area contributed by atoms with Gasteiger partial charge in [-0.2, -0.15) is 5.26 Å². The number of rotatable bonds is 5. The Morgan fingerprint density at radius 2 is 1.86 bits per heavy atom. The zero-order valence-electron chi connectivity index (χ0n) is 15.1. The molecular formula is C20H14FN3O5. The lowest BCUT2D eigenvalue weighted by molar-refractivity contribution is -0.122. The lowest BCUT2D eigenvalue weighted by atomic mass is 10.1. The molecule has 1 N–H and O–H groups in total. The highest BCUT2D eigenvalue weighted by Crippen LogP contribution is 2.29. The van der Waals surface area contributed by atoms with Crippen molar-refractivity contribution in [1.82, 2.24) is 5.32 Å². The summed E-state index contributed by atoms with van der Waals surface area (Å²) in [7, 11) is 1.40. The summed E-state index contributed by atoms with van der Waals surface area (Å²) >= 11 is 0. The fraction of sp³-hybridized carbons (Fsp3) is 0.100. The summed E-state index contributed by atoms with van der Waals surface area (Å²) in [5.74, 6) is -1.63. The normalized spacial score (nSPS) is 15.1. The number of ether oxygens (including phenoxy) is 2. The molecule has 146 valence electrons. The molecule has 0 aromatic heterocycles. The summed E-state index contributed by atoms with van der Waals surface area (Å²) in [4.78, 5) is 37.9. The molecule has 1 heterocycles. The molecule has 3 rings (SSSR count). The molecule has 2 aromatic carbocycles. The SMILES string of the molecule is COc1cc(C=C2C(=O)NC(=O)N(c3ccc(F)cc3)C2=O)ccc1OCC#N. The van der Waals surface area contributed by atoms with Crippen molar-refractivity contribution in [3.8, 4) is 17.6 Å². The van der Waals surface area contributed by atoms with Gasteiger partial charge in [-0.1, -0.05) is 6.07 Å². The standard InChI is InChI=1S/C20H14FN3O5/c1-28-17-11-12(2-7-16(17)29-9-8-22)10-15-18(25)23-20(27)24(19(15)26)14-5-3-13(21)4-6-14/h2-7,10-11H,9H2,1H3,(H,23,25,27). The fourth-order valence-electron chi connectivity index (χ4n) is 2.65. The number of carbonyl (C=O) groups excluding carboxylic acids is 3. The molecule has 0 unspecified atom stereocenters. The molecule has 1 fully saturated rings. The van der Waals surface area contributed by atoms with E-state index in [1.54, 1.807) is 6.07 Å². The van der Waals surface area contributed by atoms with Crippen LogP contribution in [0.1, 0.15) is 5.56 Å². The molecule has 1 aliphatic heterocycles. The van der Waals surface area contributed by atoms with Crippen molar-refractivity contribution in [3.05, 3.63) is 59.4 Å². The number of nitrogens with zero attached hydrogens (tertiary/aromatic N) is 2. The second-order valence-corrected chi connectivity index (χ2v) is 5.79. The number of nitriles is 1. The van der Waals surface area contributed by atoms with Gasteiger partial charge in [-0.25, -0.2) is 14.1 Å². The summed E-state index contributed by atoms with van der Waals surface area (Å²) in [5, 5.41) is 10.7. The lowest BCUT2D eigenvalue weighted by Crippen LogP contribution is -2.54. The van der Waals surface area contributed by atoms with E-state index in [1.165, 1.54) is 37.5 Å². The third-order valence-corrected chi connectivity index (χ3v) is 3.98. The first-order valence-electron chi connectivity index (χ1n) is 8.29. The Hall–Kier alpha value is -4.19. The van der Waals surface area contributed by atoms with Gasteiger partial charge < -0.3 is 9.47 Å². The first-order valence-corrected chi connectivity index (χ1v) is 8.29. The second kappa shape index (κ2) is 8.22. The zero-order chi connectivity index (χ0) is 21.0. The number of urea groups is 1. The van der Waals surface area contributed by atoms with Gasteiger partial charge >= 0.3 is 6.03 Å². The first-order chi connectivity index (χ1) is 13.9. The van der Waals surface area contributed by atoms with Crippen molar-refractivity contribution in [2.75, 3.05) is 18.6 Å². The van der Waals surface area contributed by atoms with E-state index in [0.717, 1.165) is 17.0 Å². The number of halogens is 1. The molecule has 8 nitrogen and oxygen atoms in total. The predicted octanol–water partition coefficient (Wildman–Crippen LogP) is 2.40. The maximum atomic E-state index is 13.1. The van der Waals surface area contributed by atoms with Gasteiger partial charge in [-0.15, -0.1) is 0 Å². The van der Waals surface area contributed by atoms with Crippen LogP contribution in [0.5, 0.6) is 11.5 Å². The fourth-order valence-corrected chi connectivity index (χ4v) is 2.65. The monoisotopic (exact) mass is 395 g/mol. The molecule has 0 atom stereocenters. The number of nitrogens with one attached hydrogen (secondary N) is 1. The number of imide groups is 2. The van der Waals surface area contributed by atoms with Crippen molar-refractivity contribution < 1.29 is 28.2 Å². The Labute approximate surface area is 164 Å². The van der Waals surface area contributed by atoms with E-state index >= 15 is 0 Å². The van der Waals surface area contributed by atoms with Crippen LogP contribution in [0, 0.1) is 17.1 Å². The number of hydrogen-bond acceptors (Lipinski definition) is 6. The molecule has 9 heteroatoms. The molecule has 0 radical (unpaired) electrons. The van der Waals surface area contributed by atoms with Gasteiger partial charge in [-0.05, 0) is 48.0 Å². The Bertz CT molecular complexity index is 1060. The average Bonchev–Trinajstić information content (AvgIpc) is 2.71. The Morgan fingerprint density at radius 3 is 2.52 bits per heavy atom. The van der Waals surface area contributed by atoms with E-state index in [4.69, 9.17) is 14.7 Å². The summed E-state index contributed by atoms with van der Waals surface area (Å²) in [6.07, 6.45) is 1.29. The van der Waals surface area contributed by atoms with Gasteiger partial charge in [0.25, 0.3) is 11.8 Å². The molecule has 29 heavy (non-hydrogen) atoms. The minimum absolute atomic E-state index is 0.116. The summed E-state index contributed by atoms with van der Waals surface area (Å²) < 4.78 is 23.6. The van der Waals surface area contributed by atoms with E-state index in [1.807, 2.05) is 6.07 Å². The van der Waals surface area contributed by atoms with Crippen molar-refractivity contribution >= 4 is 29.6 Å². The molecule has 1 aliphatic rings. The average molecular weight is 395 g/mol. The molecule has 0 bridgehead atoms. The van der Waals surface area contributed by atoms with Crippen LogP contribution in [0.25, 0.3) is 6.08 Å². The number of barbiturate groups is 1. The molecule has 4 amide bonds. The number of amides is 4. The molecular weight excluding hydrogens is 381 g/mol. The maximum Gasteiger partial charge on any atom is 0.335 e. The second-order valence-electron chi connectivity index (χ2n) is 5.79. The van der Waals surface area contributed by atoms with Gasteiger partial charge in [0, 0.05) is 0 Å². The van der Waals surface area contributed by atoms with Crippen LogP contribution in [0.2, 0.25) is 0 Å². The van der Waals surface area contributed by atoms with Crippen molar-refractivity contribution in [1.29, 1.82) is 5.26 Å². The van der Waals surface area contributed by atoms with E-state index in [-0.39, 0.29) is 17.9 Å². The maximum absolute atomic E-state index is 13.1. The van der Waals surface area contributed by atoms with Gasteiger partial charge in [-0.3, -0.25) is 14.9 Å². The largest absolute Gasteiger partial charge is 0.493 e. The summed E-state index contributed by atoms with van der Waals surface area (Å²) in [6.45, 7) is -0.174. The van der Waals surface area contributed by atoms with Gasteiger partial charge in [0.05, 0.1) is 12.8 Å². The highest BCUT2D eigenvalue weighted by atomic mass is 19.1. The molecule has 2 aromatic rings. The minimum atomic E-state index is -0.929. The Balaban J connectivity index is 1.96. The number of anilines is 1. The quantitative estimate of drug-likeness (QED) is 0.615. The van der Waals surface area contributed by atoms with Crippen LogP contribution in [-0.2, 0) is 9.59 Å². The van der Waals surface area contributed by atoms with E-state index in [2.05, 4.69) is 5.32 Å². The number of hydrogen-bond donors (Lipinski definition) is 1. The van der Waals surface area contributed by atoms with Crippen LogP contribution in [0.15, 0.2) is 48.0 Å². The van der Waals surface area contributed by atoms with Crippen LogP contribution in [0.4, 0.5) is 14.9 Å². The smallest absolute Gasteiger partial charge is 0.335 e. The minimum Gasteiger partial charge on any atom is -0.493 e. The van der Waals surface area contributed by atoms with Gasteiger partial charge in [0.1, 0.15) is 17.5 Å². The highest BCUT2D eigenvalue weighted by Gasteiger charge is 2.36. The highest BCUT2D eigenvalue weighted by molar-refractivity contribution is 6.39. The Morgan fingerprint density at radius 1 is 1.14 bits per heavy atom. The zero-order valence-corrected chi connectivity index (χ0v) is 15.1. The van der Waals surface area contributed by atoms with Crippen LogP contribution < -0.4 is 19.7 Å². The van der Waals surface area contributed by atoms with Crippen LogP contribution in [0.3, 0.4) is 0 Å². The topological polar surface area (TPSA) is 109 Å². The van der Waals surface area contributed by atoms with E-state index in [9.17, 15) is 18.8 Å². The lowest BCUT2D eigenvalue weighted by Gasteiger charge is -2.26. The van der Waals surface area contributed by atoms with Crippen LogP contribution in [-0.4, -0.2) is 31.6 Å². The predicted molar refractivity (Wildman–Crippen MR) is 99.5 cm³/mol. The van der Waals surface area contributed by atoms with E-state index < -0.39 is 23.7 Å². The third-order valence-electron chi connectivity index (χ3n) is 3.98. The number of carbonyl (C=O) groups is 3. The van der Waals surface area contributed by atoms with E-state index in [0.29, 0.717) is 17.1 Å². The van der Waals surface area contributed by atoms with Crippen molar-refractivity contribution in [2.45, 2.75) is 0 Å². The third kappa shape index (κ3) is 4.06. The summed E-state index contributed by atoms with van der Waals surface area (Å²) in [6, 6.07) is 10.2. The Kier molecular flexibility index (Phi) is 5.55. The van der Waals surface area contributed by atoms with Crippen LogP contribution >= 0.6 is 0 Å². The van der Waals surface area contributed by atoms with Gasteiger partial charge in [0.15, 0.2) is 18.1 Å². The summed E-state index contributed by atoms with van der Waals surface area (Å²) in [5.41, 5.74) is 0.255. The molecule has 1 saturated heterocycles. The molecule has 0 saturated carbocycles. The van der Waals surface area contributed by atoms with Crippen molar-refractivity contribution in [2.24, 2.45) is 0 Å². The number of benzene rings is 2. The number of methoxy groups -OCH3 is 1. The first kappa shape index (κ1) is 19.6. The van der Waals surface area contributed by atoms with Crippen molar-refractivity contribution in [3.63, 3.8) is 0 Å². The molecule has 0 aliphatic carbocycles. The molecule has 0 spiro atoms. The van der Waals surface area contributed by atoms with Gasteiger partial charge in [0.2, 0.25) is 0 Å².